The van der Waals surface area contributed by atoms with Crippen LogP contribution in [-0.2, 0) is 7.05 Å². The van der Waals surface area contributed by atoms with Crippen LogP contribution in [0.5, 0.6) is 0 Å². The van der Waals surface area contributed by atoms with Crippen molar-refractivity contribution in [3.05, 3.63) is 60.5 Å². The lowest BCUT2D eigenvalue weighted by atomic mass is 9.74. The van der Waals surface area contributed by atoms with Gasteiger partial charge in [-0.3, -0.25) is 9.58 Å². The fraction of sp³-hybridized carbons (Fsp3) is 0.391. The molecule has 2 aromatic heterocycles. The first-order valence-electron chi connectivity index (χ1n) is 10.6. The first-order chi connectivity index (χ1) is 14.7. The first kappa shape index (κ1) is 18.9. The van der Waals surface area contributed by atoms with Gasteiger partial charge in [0.05, 0.1) is 6.26 Å². The number of carbonyl (C=O) groups excluding carboxylic acids is 1. The molecule has 1 aromatic carbocycles. The molecule has 0 spiro atoms. The van der Waals surface area contributed by atoms with E-state index in [2.05, 4.69) is 26.7 Å². The van der Waals surface area contributed by atoms with Crippen LogP contribution in [0.3, 0.4) is 0 Å². The number of hydrogen-bond donors (Lipinski definition) is 2. The minimum atomic E-state index is -0.143. The molecule has 0 radical (unpaired) electrons. The zero-order valence-electron chi connectivity index (χ0n) is 17.1. The Balaban J connectivity index is 1.21. The van der Waals surface area contributed by atoms with E-state index in [-0.39, 0.29) is 6.03 Å². The van der Waals surface area contributed by atoms with Crippen molar-refractivity contribution in [1.29, 1.82) is 0 Å². The second-order valence-electron chi connectivity index (χ2n) is 8.30. The molecule has 2 N–H and O–H groups in total. The SMILES string of the molecule is Cn1nc(-c2ccco2)cc1[C@@H]1CN2CC[C@H]1C[C@@H]2CNC(=O)Nc1ccccc1. The zero-order chi connectivity index (χ0) is 20.5. The van der Waals surface area contributed by atoms with Crippen molar-refractivity contribution in [2.75, 3.05) is 25.0 Å². The van der Waals surface area contributed by atoms with Gasteiger partial charge < -0.3 is 15.1 Å². The van der Waals surface area contributed by atoms with Gasteiger partial charge in [0.2, 0.25) is 0 Å². The number of fused-ring (bicyclic) bond motifs is 3. The van der Waals surface area contributed by atoms with Gasteiger partial charge in [-0.2, -0.15) is 5.10 Å². The average Bonchev–Trinajstić information content (AvgIpc) is 3.43. The minimum Gasteiger partial charge on any atom is -0.463 e. The molecule has 3 aliphatic heterocycles. The molecule has 1 unspecified atom stereocenters. The summed E-state index contributed by atoms with van der Waals surface area (Å²) in [5.41, 5.74) is 2.97. The summed E-state index contributed by atoms with van der Waals surface area (Å²) in [4.78, 5) is 14.8. The van der Waals surface area contributed by atoms with Crippen LogP contribution in [0.2, 0.25) is 0 Å². The maximum absolute atomic E-state index is 12.2. The van der Waals surface area contributed by atoms with E-state index in [1.54, 1.807) is 6.26 Å². The van der Waals surface area contributed by atoms with E-state index >= 15 is 0 Å². The number of rotatable bonds is 5. The number of furan rings is 1. The molecule has 7 nitrogen and oxygen atoms in total. The van der Waals surface area contributed by atoms with E-state index in [9.17, 15) is 4.79 Å². The van der Waals surface area contributed by atoms with Gasteiger partial charge in [0.15, 0.2) is 5.76 Å². The topological polar surface area (TPSA) is 75.3 Å². The van der Waals surface area contributed by atoms with Crippen LogP contribution in [0.1, 0.15) is 24.5 Å². The quantitative estimate of drug-likeness (QED) is 0.679. The van der Waals surface area contributed by atoms with E-state index in [4.69, 9.17) is 4.42 Å². The third-order valence-corrected chi connectivity index (χ3v) is 6.48. The number of piperidine rings is 3. The van der Waals surface area contributed by atoms with Crippen molar-refractivity contribution in [3.63, 3.8) is 0 Å². The summed E-state index contributed by atoms with van der Waals surface area (Å²) in [6.07, 6.45) is 3.97. The van der Waals surface area contributed by atoms with Crippen LogP contribution >= 0.6 is 0 Å². The van der Waals surface area contributed by atoms with Crippen LogP contribution in [0, 0.1) is 5.92 Å². The standard InChI is InChI=1S/C23H27N5O2/c1-27-21(13-20(26-27)22-8-5-11-30-22)19-15-28-10-9-16(19)12-18(28)14-24-23(29)25-17-6-3-2-4-7-17/h2-8,11,13,16,18-19H,9-10,12,14-15H2,1H3,(H2,24,25,29)/t16-,18+,19+/m0/s1. The summed E-state index contributed by atoms with van der Waals surface area (Å²) < 4.78 is 7.52. The molecule has 0 saturated carbocycles. The van der Waals surface area contributed by atoms with Gasteiger partial charge in [-0.25, -0.2) is 4.79 Å². The van der Waals surface area contributed by atoms with Gasteiger partial charge in [0.1, 0.15) is 5.69 Å². The van der Waals surface area contributed by atoms with Crippen LogP contribution in [0.15, 0.2) is 59.2 Å². The Bertz CT molecular complexity index is 998. The van der Waals surface area contributed by atoms with Gasteiger partial charge in [0, 0.05) is 43.5 Å². The third kappa shape index (κ3) is 3.73. The van der Waals surface area contributed by atoms with Crippen molar-refractivity contribution in [2.45, 2.75) is 24.8 Å². The molecule has 6 rings (SSSR count). The molecule has 3 aliphatic rings. The second-order valence-corrected chi connectivity index (χ2v) is 8.30. The van der Waals surface area contributed by atoms with Gasteiger partial charge in [-0.1, -0.05) is 18.2 Å². The summed E-state index contributed by atoms with van der Waals surface area (Å²) in [7, 11) is 2.02. The summed E-state index contributed by atoms with van der Waals surface area (Å²) in [6, 6.07) is 15.8. The number of aromatic nitrogens is 2. The Kier molecular flexibility index (Phi) is 5.04. The fourth-order valence-electron chi connectivity index (χ4n) is 4.97. The Labute approximate surface area is 176 Å². The first-order valence-corrected chi connectivity index (χ1v) is 10.6. The number of benzene rings is 1. The number of para-hydroxylation sites is 1. The van der Waals surface area contributed by atoms with E-state index in [1.165, 1.54) is 12.1 Å². The molecule has 3 aromatic rings. The smallest absolute Gasteiger partial charge is 0.319 e. The molecule has 4 atom stereocenters. The number of hydrogen-bond acceptors (Lipinski definition) is 4. The van der Waals surface area contributed by atoms with Crippen LogP contribution in [0.25, 0.3) is 11.5 Å². The number of anilines is 1. The van der Waals surface area contributed by atoms with Gasteiger partial charge in [0.25, 0.3) is 0 Å². The molecular weight excluding hydrogens is 378 g/mol. The molecule has 2 bridgehead atoms. The predicted molar refractivity (Wildman–Crippen MR) is 115 cm³/mol. The zero-order valence-corrected chi connectivity index (χ0v) is 17.1. The van der Waals surface area contributed by atoms with E-state index in [1.807, 2.05) is 54.2 Å². The van der Waals surface area contributed by atoms with Crippen LogP contribution in [0.4, 0.5) is 10.5 Å². The normalized spacial score (nSPS) is 25.2. The lowest BCUT2D eigenvalue weighted by Crippen LogP contribution is -2.56. The van der Waals surface area contributed by atoms with Crippen molar-refractivity contribution < 1.29 is 9.21 Å². The van der Waals surface area contributed by atoms with Gasteiger partial charge >= 0.3 is 6.03 Å². The van der Waals surface area contributed by atoms with Gasteiger partial charge in [-0.15, -0.1) is 0 Å². The number of carbonyl (C=O) groups is 1. The molecule has 2 amide bonds. The van der Waals surface area contributed by atoms with E-state index < -0.39 is 0 Å². The molecule has 3 fully saturated rings. The largest absolute Gasteiger partial charge is 0.463 e. The summed E-state index contributed by atoms with van der Waals surface area (Å²) in [5, 5.41) is 10.6. The Morgan fingerprint density at radius 2 is 2.10 bits per heavy atom. The summed E-state index contributed by atoms with van der Waals surface area (Å²) in [6.45, 7) is 2.77. The molecule has 0 aliphatic carbocycles. The van der Waals surface area contributed by atoms with Gasteiger partial charge in [-0.05, 0) is 55.6 Å². The Hall–Kier alpha value is -3.06. The molecule has 30 heavy (non-hydrogen) atoms. The number of urea groups is 1. The third-order valence-electron chi connectivity index (χ3n) is 6.48. The average molecular weight is 406 g/mol. The van der Waals surface area contributed by atoms with Crippen molar-refractivity contribution >= 4 is 11.7 Å². The highest BCUT2D eigenvalue weighted by Crippen LogP contribution is 2.42. The van der Waals surface area contributed by atoms with Crippen molar-refractivity contribution in [1.82, 2.24) is 20.0 Å². The Morgan fingerprint density at radius 3 is 2.83 bits per heavy atom. The highest BCUT2D eigenvalue weighted by molar-refractivity contribution is 5.89. The molecule has 156 valence electrons. The van der Waals surface area contributed by atoms with Crippen molar-refractivity contribution in [3.8, 4) is 11.5 Å². The number of nitrogens with zero attached hydrogens (tertiary/aromatic N) is 3. The van der Waals surface area contributed by atoms with Crippen LogP contribution in [-0.4, -0.2) is 46.4 Å². The highest BCUT2D eigenvalue weighted by Gasteiger charge is 2.41. The highest BCUT2D eigenvalue weighted by atomic mass is 16.3. The van der Waals surface area contributed by atoms with E-state index in [0.29, 0.717) is 24.4 Å². The fourth-order valence-corrected chi connectivity index (χ4v) is 4.97. The minimum absolute atomic E-state index is 0.143. The number of nitrogens with one attached hydrogen (secondary N) is 2. The lowest BCUT2D eigenvalue weighted by Gasteiger charge is -2.49. The maximum atomic E-state index is 12.2. The summed E-state index contributed by atoms with van der Waals surface area (Å²) >= 11 is 0. The van der Waals surface area contributed by atoms with Crippen molar-refractivity contribution in [2.24, 2.45) is 13.0 Å². The maximum Gasteiger partial charge on any atom is 0.319 e. The second kappa shape index (κ2) is 7.99. The molecule has 5 heterocycles. The lowest BCUT2D eigenvalue weighted by molar-refractivity contribution is 0.0296. The Morgan fingerprint density at radius 1 is 1.23 bits per heavy atom. The van der Waals surface area contributed by atoms with Crippen LogP contribution < -0.4 is 10.6 Å². The van der Waals surface area contributed by atoms with E-state index in [0.717, 1.165) is 36.7 Å². The molecular formula is C23H27N5O2. The molecule has 3 saturated heterocycles. The monoisotopic (exact) mass is 405 g/mol. The number of amides is 2. The molecule has 7 heteroatoms. The summed E-state index contributed by atoms with van der Waals surface area (Å²) in [5.74, 6) is 1.89. The number of aryl methyl sites for hydroxylation is 1. The predicted octanol–water partition coefficient (Wildman–Crippen LogP) is 3.68.